The predicted molar refractivity (Wildman–Crippen MR) is 77.0 cm³/mol. The molecule has 0 aliphatic carbocycles. The number of rotatable bonds is 3. The van der Waals surface area contributed by atoms with Crippen LogP contribution in [0.2, 0.25) is 0 Å². The lowest BCUT2D eigenvalue weighted by atomic mass is 10.2. The minimum atomic E-state index is -0.364. The Bertz CT molecular complexity index is 466. The highest BCUT2D eigenvalue weighted by Gasteiger charge is 2.22. The van der Waals surface area contributed by atoms with Crippen LogP contribution in [0.25, 0.3) is 6.08 Å². The zero-order valence-corrected chi connectivity index (χ0v) is 11.4. The number of hydrogen-bond acceptors (Lipinski definition) is 3. The molecule has 0 spiro atoms. The third kappa shape index (κ3) is 3.58. The molecule has 4 nitrogen and oxygen atoms in total. The second kappa shape index (κ2) is 5.89. The Balaban J connectivity index is 1.96. The van der Waals surface area contributed by atoms with Gasteiger partial charge in [0.25, 0.3) is 0 Å². The predicted octanol–water partition coefficient (Wildman–Crippen LogP) is 1.36. The van der Waals surface area contributed by atoms with Gasteiger partial charge >= 0.3 is 0 Å². The number of β-amino-alcohol motifs (C(OH)–C–C–N with tert-alkyl or cyclic N) is 1. The fourth-order valence-electron chi connectivity index (χ4n) is 2.10. The first-order valence-electron chi connectivity index (χ1n) is 6.48. The van der Waals surface area contributed by atoms with Crippen molar-refractivity contribution in [2.45, 2.75) is 12.5 Å². The summed E-state index contributed by atoms with van der Waals surface area (Å²) in [6.07, 6.45) is 3.70. The highest BCUT2D eigenvalue weighted by molar-refractivity contribution is 5.92. The van der Waals surface area contributed by atoms with Gasteiger partial charge in [0.2, 0.25) is 5.91 Å². The molecule has 1 aromatic carbocycles. The maximum Gasteiger partial charge on any atom is 0.246 e. The number of amides is 1. The first-order valence-corrected chi connectivity index (χ1v) is 6.48. The van der Waals surface area contributed by atoms with E-state index in [1.54, 1.807) is 11.0 Å². The summed E-state index contributed by atoms with van der Waals surface area (Å²) in [5.74, 6) is -0.0340. The minimum Gasteiger partial charge on any atom is -0.391 e. The van der Waals surface area contributed by atoms with Gasteiger partial charge in [0.05, 0.1) is 6.10 Å². The molecule has 1 aromatic rings. The SMILES string of the molecule is CN(C)c1ccc(C=CC(=O)N2CCC(O)C2)cc1. The normalized spacial score (nSPS) is 19.1. The Morgan fingerprint density at radius 1 is 1.37 bits per heavy atom. The van der Waals surface area contributed by atoms with Gasteiger partial charge in [-0.05, 0) is 30.2 Å². The van der Waals surface area contributed by atoms with E-state index in [1.807, 2.05) is 49.3 Å². The van der Waals surface area contributed by atoms with Crippen LogP contribution in [0.15, 0.2) is 30.3 Å². The Labute approximate surface area is 113 Å². The fourth-order valence-corrected chi connectivity index (χ4v) is 2.10. The van der Waals surface area contributed by atoms with E-state index in [1.165, 1.54) is 0 Å². The van der Waals surface area contributed by atoms with Gasteiger partial charge in [-0.25, -0.2) is 0 Å². The van der Waals surface area contributed by atoms with E-state index in [2.05, 4.69) is 0 Å². The highest BCUT2D eigenvalue weighted by Crippen LogP contribution is 2.14. The van der Waals surface area contributed by atoms with E-state index in [9.17, 15) is 9.90 Å². The molecule has 0 aromatic heterocycles. The van der Waals surface area contributed by atoms with Gasteiger partial charge < -0.3 is 14.9 Å². The first kappa shape index (κ1) is 13.6. The molecule has 1 aliphatic heterocycles. The largest absolute Gasteiger partial charge is 0.391 e. The lowest BCUT2D eigenvalue weighted by Crippen LogP contribution is -2.27. The molecule has 1 saturated heterocycles. The van der Waals surface area contributed by atoms with E-state index < -0.39 is 0 Å². The number of likely N-dealkylation sites (tertiary alicyclic amines) is 1. The molecule has 1 unspecified atom stereocenters. The molecule has 2 rings (SSSR count). The van der Waals surface area contributed by atoms with Crippen molar-refractivity contribution >= 4 is 17.7 Å². The molecule has 0 bridgehead atoms. The van der Waals surface area contributed by atoms with Gasteiger partial charge in [-0.2, -0.15) is 0 Å². The van der Waals surface area contributed by atoms with Crippen LogP contribution in [0.4, 0.5) is 5.69 Å². The number of aliphatic hydroxyl groups excluding tert-OH is 1. The summed E-state index contributed by atoms with van der Waals surface area (Å²) >= 11 is 0. The van der Waals surface area contributed by atoms with Gasteiger partial charge in [0.15, 0.2) is 0 Å². The Kier molecular flexibility index (Phi) is 4.22. The van der Waals surface area contributed by atoms with E-state index in [0.717, 1.165) is 11.3 Å². The summed E-state index contributed by atoms with van der Waals surface area (Å²) in [7, 11) is 3.99. The summed E-state index contributed by atoms with van der Waals surface area (Å²) in [6, 6.07) is 8.00. The average Bonchev–Trinajstić information content (AvgIpc) is 2.83. The van der Waals surface area contributed by atoms with Crippen molar-refractivity contribution in [3.05, 3.63) is 35.9 Å². The maximum absolute atomic E-state index is 11.9. The van der Waals surface area contributed by atoms with Crippen molar-refractivity contribution in [2.24, 2.45) is 0 Å². The van der Waals surface area contributed by atoms with Crippen LogP contribution >= 0.6 is 0 Å². The van der Waals surface area contributed by atoms with Crippen molar-refractivity contribution in [1.82, 2.24) is 4.90 Å². The van der Waals surface area contributed by atoms with Crippen molar-refractivity contribution < 1.29 is 9.90 Å². The number of carbonyl (C=O) groups is 1. The van der Waals surface area contributed by atoms with Crippen molar-refractivity contribution in [3.8, 4) is 0 Å². The third-order valence-electron chi connectivity index (χ3n) is 3.30. The Morgan fingerprint density at radius 3 is 2.58 bits per heavy atom. The third-order valence-corrected chi connectivity index (χ3v) is 3.30. The highest BCUT2D eigenvalue weighted by atomic mass is 16.3. The molecule has 0 radical (unpaired) electrons. The molecule has 102 valence electrons. The standard InChI is InChI=1S/C15H20N2O2/c1-16(2)13-6-3-12(4-7-13)5-8-15(19)17-10-9-14(18)11-17/h3-8,14,18H,9-11H2,1-2H3. The summed E-state index contributed by atoms with van der Waals surface area (Å²) in [5, 5.41) is 9.39. The zero-order valence-electron chi connectivity index (χ0n) is 11.4. The molecule has 19 heavy (non-hydrogen) atoms. The number of carbonyl (C=O) groups excluding carboxylic acids is 1. The van der Waals surface area contributed by atoms with E-state index in [-0.39, 0.29) is 12.0 Å². The molecule has 1 fully saturated rings. The smallest absolute Gasteiger partial charge is 0.246 e. The second-order valence-electron chi connectivity index (χ2n) is 5.05. The molecular formula is C15H20N2O2. The van der Waals surface area contributed by atoms with E-state index in [0.29, 0.717) is 19.5 Å². The summed E-state index contributed by atoms with van der Waals surface area (Å²) in [6.45, 7) is 1.09. The van der Waals surface area contributed by atoms with Crippen molar-refractivity contribution in [2.75, 3.05) is 32.1 Å². The quantitative estimate of drug-likeness (QED) is 0.835. The molecule has 1 amide bonds. The van der Waals surface area contributed by atoms with Gasteiger partial charge in [0, 0.05) is 38.9 Å². The van der Waals surface area contributed by atoms with Gasteiger partial charge in [-0.3, -0.25) is 4.79 Å². The van der Waals surface area contributed by atoms with E-state index >= 15 is 0 Å². The van der Waals surface area contributed by atoms with Crippen LogP contribution in [0, 0.1) is 0 Å². The van der Waals surface area contributed by atoms with Crippen LogP contribution in [0.5, 0.6) is 0 Å². The zero-order chi connectivity index (χ0) is 13.8. The van der Waals surface area contributed by atoms with Crippen LogP contribution in [0.3, 0.4) is 0 Å². The van der Waals surface area contributed by atoms with Crippen LogP contribution in [0.1, 0.15) is 12.0 Å². The molecule has 1 aliphatic rings. The van der Waals surface area contributed by atoms with Crippen LogP contribution in [-0.4, -0.2) is 49.2 Å². The van der Waals surface area contributed by atoms with Gasteiger partial charge in [-0.15, -0.1) is 0 Å². The minimum absolute atomic E-state index is 0.0340. The number of aliphatic hydroxyl groups is 1. The first-order chi connectivity index (χ1) is 9.06. The van der Waals surface area contributed by atoms with Crippen molar-refractivity contribution in [1.29, 1.82) is 0 Å². The molecule has 4 heteroatoms. The van der Waals surface area contributed by atoms with Crippen LogP contribution < -0.4 is 4.90 Å². The van der Waals surface area contributed by atoms with Gasteiger partial charge in [0.1, 0.15) is 0 Å². The summed E-state index contributed by atoms with van der Waals surface area (Å²) in [4.78, 5) is 15.6. The fraction of sp³-hybridized carbons (Fsp3) is 0.400. The molecule has 1 atom stereocenters. The molecule has 1 N–H and O–H groups in total. The lowest BCUT2D eigenvalue weighted by molar-refractivity contribution is -0.125. The second-order valence-corrected chi connectivity index (χ2v) is 5.05. The molecule has 1 heterocycles. The van der Waals surface area contributed by atoms with Gasteiger partial charge in [-0.1, -0.05) is 12.1 Å². The topological polar surface area (TPSA) is 43.8 Å². The average molecular weight is 260 g/mol. The van der Waals surface area contributed by atoms with Crippen LogP contribution in [-0.2, 0) is 4.79 Å². The Morgan fingerprint density at radius 2 is 2.05 bits per heavy atom. The summed E-state index contributed by atoms with van der Waals surface area (Å²) in [5.41, 5.74) is 2.13. The number of benzene rings is 1. The van der Waals surface area contributed by atoms with Crippen molar-refractivity contribution in [3.63, 3.8) is 0 Å². The molecule has 0 saturated carbocycles. The lowest BCUT2D eigenvalue weighted by Gasteiger charge is -2.13. The monoisotopic (exact) mass is 260 g/mol. The van der Waals surface area contributed by atoms with E-state index in [4.69, 9.17) is 0 Å². The number of nitrogens with zero attached hydrogens (tertiary/aromatic N) is 2. The molecular weight excluding hydrogens is 240 g/mol. The number of anilines is 1. The summed E-state index contributed by atoms with van der Waals surface area (Å²) < 4.78 is 0. The number of hydrogen-bond donors (Lipinski definition) is 1. The Hall–Kier alpha value is -1.81. The maximum atomic E-state index is 11.9.